The number of methoxy groups -OCH3 is 1. The molecule has 6 heteroatoms. The number of nitrogens with one attached hydrogen (secondary N) is 1. The molecule has 1 aliphatic heterocycles. The average Bonchev–Trinajstić information content (AvgIpc) is 3.07. The molecule has 0 bridgehead atoms. The van der Waals surface area contributed by atoms with Gasteiger partial charge in [0.1, 0.15) is 5.75 Å². The molecule has 1 saturated heterocycles. The van der Waals surface area contributed by atoms with E-state index in [0.29, 0.717) is 6.54 Å². The van der Waals surface area contributed by atoms with Crippen molar-refractivity contribution < 1.29 is 9.53 Å². The zero-order valence-electron chi connectivity index (χ0n) is 19.8. The summed E-state index contributed by atoms with van der Waals surface area (Å²) in [6.45, 7) is 12.3. The lowest BCUT2D eigenvalue weighted by Gasteiger charge is -2.23. The van der Waals surface area contributed by atoms with E-state index in [1.807, 2.05) is 17.0 Å². The number of benzene rings is 2. The van der Waals surface area contributed by atoms with Gasteiger partial charge >= 0.3 is 6.03 Å². The van der Waals surface area contributed by atoms with Crippen LogP contribution >= 0.6 is 0 Å². The van der Waals surface area contributed by atoms with Crippen molar-refractivity contribution in [2.24, 2.45) is 0 Å². The summed E-state index contributed by atoms with van der Waals surface area (Å²) in [5, 5.41) is 3.16. The van der Waals surface area contributed by atoms with Gasteiger partial charge in [-0.1, -0.05) is 50.2 Å². The standard InChI is InChI=1S/C26H38N4O2/c1-4-28(5-2)21-24-10-7-6-9-23(24)19-27-26(31)30-16-8-15-29(17-18-30)20-22-11-13-25(32-3)14-12-22/h6-7,9-14H,4-5,8,15-21H2,1-3H3,(H,27,31). The topological polar surface area (TPSA) is 48.1 Å². The highest BCUT2D eigenvalue weighted by Gasteiger charge is 2.19. The van der Waals surface area contributed by atoms with Crippen LogP contribution in [0.5, 0.6) is 5.75 Å². The number of hydrogen-bond acceptors (Lipinski definition) is 4. The highest BCUT2D eigenvalue weighted by atomic mass is 16.5. The predicted molar refractivity (Wildman–Crippen MR) is 130 cm³/mol. The van der Waals surface area contributed by atoms with E-state index in [4.69, 9.17) is 4.74 Å². The van der Waals surface area contributed by atoms with Crippen molar-refractivity contribution in [3.63, 3.8) is 0 Å². The third kappa shape index (κ3) is 6.97. The maximum absolute atomic E-state index is 12.9. The molecule has 1 heterocycles. The van der Waals surface area contributed by atoms with Crippen molar-refractivity contribution >= 4 is 6.03 Å². The van der Waals surface area contributed by atoms with Crippen LogP contribution in [0.2, 0.25) is 0 Å². The van der Waals surface area contributed by atoms with Gasteiger partial charge in [0.25, 0.3) is 0 Å². The molecular formula is C26H38N4O2. The smallest absolute Gasteiger partial charge is 0.317 e. The SMILES string of the molecule is CCN(CC)Cc1ccccc1CNC(=O)N1CCCN(Cc2ccc(OC)cc2)CC1. The van der Waals surface area contributed by atoms with E-state index in [-0.39, 0.29) is 6.03 Å². The monoisotopic (exact) mass is 438 g/mol. The molecule has 0 spiro atoms. The third-order valence-corrected chi connectivity index (χ3v) is 6.28. The van der Waals surface area contributed by atoms with Gasteiger partial charge in [-0.3, -0.25) is 9.80 Å². The van der Waals surface area contributed by atoms with Crippen LogP contribution in [0.3, 0.4) is 0 Å². The Morgan fingerprint density at radius 2 is 1.69 bits per heavy atom. The van der Waals surface area contributed by atoms with E-state index in [1.54, 1.807) is 7.11 Å². The normalized spacial score (nSPS) is 14.9. The summed E-state index contributed by atoms with van der Waals surface area (Å²) in [4.78, 5) is 19.7. The van der Waals surface area contributed by atoms with Gasteiger partial charge in [0.2, 0.25) is 0 Å². The highest BCUT2D eigenvalue weighted by Crippen LogP contribution is 2.15. The number of carbonyl (C=O) groups is 1. The number of amides is 2. The van der Waals surface area contributed by atoms with Crippen molar-refractivity contribution in [2.45, 2.75) is 39.9 Å². The Morgan fingerprint density at radius 1 is 0.969 bits per heavy atom. The Balaban J connectivity index is 1.50. The van der Waals surface area contributed by atoms with E-state index in [9.17, 15) is 4.79 Å². The quantitative estimate of drug-likeness (QED) is 0.644. The molecule has 0 atom stereocenters. The van der Waals surface area contributed by atoms with Crippen molar-refractivity contribution in [2.75, 3.05) is 46.4 Å². The first-order chi connectivity index (χ1) is 15.6. The summed E-state index contributed by atoms with van der Waals surface area (Å²) in [5.41, 5.74) is 3.76. The first kappa shape index (κ1) is 24.1. The fourth-order valence-electron chi connectivity index (χ4n) is 4.18. The molecule has 1 aliphatic rings. The number of hydrogen-bond donors (Lipinski definition) is 1. The molecule has 1 N–H and O–H groups in total. The molecule has 2 aromatic carbocycles. The number of nitrogens with zero attached hydrogens (tertiary/aromatic N) is 3. The van der Waals surface area contributed by atoms with Gasteiger partial charge in [0, 0.05) is 45.8 Å². The Morgan fingerprint density at radius 3 is 2.38 bits per heavy atom. The van der Waals surface area contributed by atoms with Crippen molar-refractivity contribution in [3.8, 4) is 5.75 Å². The Bertz CT molecular complexity index is 836. The number of urea groups is 1. The molecule has 174 valence electrons. The Kier molecular flexibility index (Phi) is 9.38. The fourth-order valence-corrected chi connectivity index (χ4v) is 4.18. The maximum Gasteiger partial charge on any atom is 0.317 e. The average molecular weight is 439 g/mol. The molecule has 3 rings (SSSR count). The van der Waals surface area contributed by atoms with Crippen LogP contribution in [0.4, 0.5) is 4.79 Å². The summed E-state index contributed by atoms with van der Waals surface area (Å²) >= 11 is 0. The van der Waals surface area contributed by atoms with E-state index in [1.165, 1.54) is 16.7 Å². The van der Waals surface area contributed by atoms with Crippen LogP contribution in [-0.4, -0.2) is 67.1 Å². The Hall–Kier alpha value is -2.57. The number of rotatable bonds is 9. The Labute approximate surface area is 193 Å². The van der Waals surface area contributed by atoms with Crippen molar-refractivity contribution in [1.82, 2.24) is 20.0 Å². The highest BCUT2D eigenvalue weighted by molar-refractivity contribution is 5.74. The number of ether oxygens (including phenoxy) is 1. The second-order valence-electron chi connectivity index (χ2n) is 8.35. The summed E-state index contributed by atoms with van der Waals surface area (Å²) in [7, 11) is 1.69. The van der Waals surface area contributed by atoms with Crippen LogP contribution in [0, 0.1) is 0 Å². The summed E-state index contributed by atoms with van der Waals surface area (Å²) in [6, 6.07) is 16.7. The van der Waals surface area contributed by atoms with E-state index in [0.717, 1.165) is 64.5 Å². The lowest BCUT2D eigenvalue weighted by atomic mass is 10.1. The molecule has 32 heavy (non-hydrogen) atoms. The minimum Gasteiger partial charge on any atom is -0.497 e. The predicted octanol–water partition coefficient (Wildman–Crippen LogP) is 3.95. The minimum absolute atomic E-state index is 0.0361. The molecule has 0 aromatic heterocycles. The molecule has 6 nitrogen and oxygen atoms in total. The van der Waals surface area contributed by atoms with Gasteiger partial charge in [-0.15, -0.1) is 0 Å². The van der Waals surface area contributed by atoms with Gasteiger partial charge in [-0.2, -0.15) is 0 Å². The van der Waals surface area contributed by atoms with Gasteiger partial charge in [0.15, 0.2) is 0 Å². The van der Waals surface area contributed by atoms with Crippen molar-refractivity contribution in [1.29, 1.82) is 0 Å². The number of carbonyl (C=O) groups excluding carboxylic acids is 1. The molecule has 2 aromatic rings. The van der Waals surface area contributed by atoms with Crippen LogP contribution in [0.1, 0.15) is 37.0 Å². The third-order valence-electron chi connectivity index (χ3n) is 6.28. The van der Waals surface area contributed by atoms with E-state index < -0.39 is 0 Å². The second kappa shape index (κ2) is 12.5. The maximum atomic E-state index is 12.9. The molecule has 0 radical (unpaired) electrons. The minimum atomic E-state index is 0.0361. The molecule has 1 fully saturated rings. The first-order valence-electron chi connectivity index (χ1n) is 11.8. The van der Waals surface area contributed by atoms with Gasteiger partial charge in [-0.25, -0.2) is 4.79 Å². The molecular weight excluding hydrogens is 400 g/mol. The van der Waals surface area contributed by atoms with Crippen LogP contribution in [0.25, 0.3) is 0 Å². The van der Waals surface area contributed by atoms with Crippen LogP contribution < -0.4 is 10.1 Å². The lowest BCUT2D eigenvalue weighted by molar-refractivity contribution is 0.197. The fraction of sp³-hybridized carbons (Fsp3) is 0.500. The molecule has 2 amide bonds. The zero-order chi connectivity index (χ0) is 22.8. The van der Waals surface area contributed by atoms with Crippen LogP contribution in [0.15, 0.2) is 48.5 Å². The van der Waals surface area contributed by atoms with Gasteiger partial charge in [0.05, 0.1) is 7.11 Å². The summed E-state index contributed by atoms with van der Waals surface area (Å²) < 4.78 is 5.24. The summed E-state index contributed by atoms with van der Waals surface area (Å²) in [6.07, 6.45) is 0.988. The second-order valence-corrected chi connectivity index (χ2v) is 8.35. The van der Waals surface area contributed by atoms with E-state index in [2.05, 4.69) is 65.4 Å². The zero-order valence-corrected chi connectivity index (χ0v) is 19.8. The molecule has 0 unspecified atom stereocenters. The van der Waals surface area contributed by atoms with Crippen LogP contribution in [-0.2, 0) is 19.6 Å². The van der Waals surface area contributed by atoms with Crippen molar-refractivity contribution in [3.05, 3.63) is 65.2 Å². The largest absolute Gasteiger partial charge is 0.497 e. The lowest BCUT2D eigenvalue weighted by Crippen LogP contribution is -2.41. The molecule has 0 saturated carbocycles. The molecule has 0 aliphatic carbocycles. The van der Waals surface area contributed by atoms with Gasteiger partial charge < -0.3 is 15.0 Å². The summed E-state index contributed by atoms with van der Waals surface area (Å²) in [5.74, 6) is 0.881. The van der Waals surface area contributed by atoms with E-state index >= 15 is 0 Å². The first-order valence-corrected chi connectivity index (χ1v) is 11.8. The van der Waals surface area contributed by atoms with Gasteiger partial charge in [-0.05, 0) is 48.3 Å².